The van der Waals surface area contributed by atoms with Gasteiger partial charge in [0.05, 0.1) is 22.5 Å². The molecule has 2 heterocycles. The molecule has 0 saturated carbocycles. The third kappa shape index (κ3) is 4.86. The lowest BCUT2D eigenvalue weighted by Gasteiger charge is -2.05. The smallest absolute Gasteiger partial charge is 0.303 e. The van der Waals surface area contributed by atoms with Crippen LogP contribution in [-0.4, -0.2) is 25.8 Å². The van der Waals surface area contributed by atoms with Crippen molar-refractivity contribution in [2.45, 2.75) is 33.2 Å². The van der Waals surface area contributed by atoms with Crippen LogP contribution in [0.25, 0.3) is 21.9 Å². The van der Waals surface area contributed by atoms with Gasteiger partial charge in [-0.3, -0.25) is 4.79 Å². The van der Waals surface area contributed by atoms with Crippen LogP contribution in [0.4, 0.5) is 0 Å². The molecule has 2 aromatic carbocycles. The molecule has 4 rings (SSSR count). The summed E-state index contributed by atoms with van der Waals surface area (Å²) in [4.78, 5) is 16.0. The Hall–Kier alpha value is -2.96. The predicted molar refractivity (Wildman–Crippen MR) is 127 cm³/mol. The second-order valence-electron chi connectivity index (χ2n) is 7.48. The normalized spacial score (nSPS) is 11.9. The minimum atomic E-state index is -0.843. The third-order valence-corrected chi connectivity index (χ3v) is 6.57. The molecule has 0 amide bonds. The van der Waals surface area contributed by atoms with Crippen molar-refractivity contribution in [3.05, 3.63) is 81.1 Å². The van der Waals surface area contributed by atoms with E-state index in [-0.39, 0.29) is 6.42 Å². The van der Waals surface area contributed by atoms with Crippen LogP contribution in [0.15, 0.2) is 48.5 Å². The Labute approximate surface area is 189 Å². The largest absolute Gasteiger partial charge is 0.481 e. The molecule has 0 unspecified atom stereocenters. The van der Waals surface area contributed by atoms with Crippen LogP contribution in [0.3, 0.4) is 0 Å². The number of aromatic nitrogens is 3. The van der Waals surface area contributed by atoms with Gasteiger partial charge in [0.15, 0.2) is 0 Å². The van der Waals surface area contributed by atoms with Gasteiger partial charge in [-0.2, -0.15) is 5.10 Å². The Balaban J connectivity index is 1.71. The molecule has 0 fully saturated rings. The Kier molecular flexibility index (Phi) is 6.20. The summed E-state index contributed by atoms with van der Waals surface area (Å²) >= 11 is 8.26. The van der Waals surface area contributed by atoms with Crippen LogP contribution in [-0.2, 0) is 11.3 Å². The fourth-order valence-electron chi connectivity index (χ4n) is 3.37. The van der Waals surface area contributed by atoms with Crippen molar-refractivity contribution < 1.29 is 9.90 Å². The van der Waals surface area contributed by atoms with Gasteiger partial charge in [-0.1, -0.05) is 53.6 Å². The number of nitrogens with zero attached hydrogens (tertiary/aromatic N) is 3. The Morgan fingerprint density at radius 1 is 1.13 bits per heavy atom. The molecule has 0 bridgehead atoms. The highest BCUT2D eigenvalue weighted by atomic mass is 35.5. The molecule has 0 spiro atoms. The molecular weight excluding hydrogens is 430 g/mol. The molecular formula is C24H22ClN3O2S. The van der Waals surface area contributed by atoms with Gasteiger partial charge >= 0.3 is 5.97 Å². The maximum Gasteiger partial charge on any atom is 0.303 e. The number of carboxylic acids is 1. The minimum Gasteiger partial charge on any atom is -0.481 e. The van der Waals surface area contributed by atoms with E-state index >= 15 is 0 Å². The first-order valence-corrected chi connectivity index (χ1v) is 11.2. The van der Waals surface area contributed by atoms with Crippen molar-refractivity contribution in [2.75, 3.05) is 0 Å². The molecule has 158 valence electrons. The highest BCUT2D eigenvalue weighted by Gasteiger charge is 2.16. The first-order valence-electron chi connectivity index (χ1n) is 9.97. The van der Waals surface area contributed by atoms with Gasteiger partial charge in [-0.05, 0) is 49.6 Å². The zero-order chi connectivity index (χ0) is 22.0. The van der Waals surface area contributed by atoms with Crippen LogP contribution < -0.4 is 0 Å². The molecule has 4 aromatic rings. The molecule has 31 heavy (non-hydrogen) atoms. The monoisotopic (exact) mass is 451 g/mol. The third-order valence-electron chi connectivity index (χ3n) is 5.06. The fourth-order valence-corrected chi connectivity index (χ4v) is 4.67. The van der Waals surface area contributed by atoms with Crippen LogP contribution in [0.2, 0.25) is 5.15 Å². The fraction of sp³-hybridized carbons (Fsp3) is 0.208. The van der Waals surface area contributed by atoms with E-state index in [0.29, 0.717) is 18.1 Å². The van der Waals surface area contributed by atoms with Crippen molar-refractivity contribution in [2.24, 2.45) is 0 Å². The molecule has 2 aromatic heterocycles. The lowest BCUT2D eigenvalue weighted by Crippen LogP contribution is -2.02. The molecule has 0 atom stereocenters. The summed E-state index contributed by atoms with van der Waals surface area (Å²) in [5.74, 6) is -0.843. The van der Waals surface area contributed by atoms with E-state index in [9.17, 15) is 9.90 Å². The Morgan fingerprint density at radius 2 is 1.87 bits per heavy atom. The Bertz CT molecular complexity index is 1240. The average molecular weight is 452 g/mol. The number of benzene rings is 2. The summed E-state index contributed by atoms with van der Waals surface area (Å²) in [5.41, 5.74) is 5.67. The highest BCUT2D eigenvalue weighted by molar-refractivity contribution is 7.19. The van der Waals surface area contributed by atoms with Crippen molar-refractivity contribution in [1.82, 2.24) is 14.8 Å². The molecule has 0 radical (unpaired) electrons. The van der Waals surface area contributed by atoms with Crippen LogP contribution in [0.1, 0.15) is 40.2 Å². The SMILES string of the molecule is Cc1ccc(Cn2nc(C)c(C=C(CCC(=O)O)c3nc4ccccc4s3)c2Cl)cc1. The van der Waals surface area contributed by atoms with Crippen LogP contribution in [0.5, 0.6) is 0 Å². The molecule has 0 aliphatic heterocycles. The zero-order valence-corrected chi connectivity index (χ0v) is 18.9. The second-order valence-corrected chi connectivity index (χ2v) is 8.87. The van der Waals surface area contributed by atoms with Crippen molar-refractivity contribution >= 4 is 50.8 Å². The van der Waals surface area contributed by atoms with E-state index in [0.717, 1.165) is 37.6 Å². The number of fused-ring (bicyclic) bond motifs is 1. The van der Waals surface area contributed by atoms with Gasteiger partial charge in [0.1, 0.15) is 10.2 Å². The molecule has 1 N–H and O–H groups in total. The van der Waals surface area contributed by atoms with E-state index in [2.05, 4.69) is 36.3 Å². The first kappa shape index (κ1) is 21.3. The van der Waals surface area contributed by atoms with Crippen LogP contribution in [0, 0.1) is 13.8 Å². The molecule has 0 aliphatic carbocycles. The van der Waals surface area contributed by atoms with Crippen molar-refractivity contribution in [3.63, 3.8) is 0 Å². The Morgan fingerprint density at radius 3 is 2.58 bits per heavy atom. The highest BCUT2D eigenvalue weighted by Crippen LogP contribution is 2.33. The number of aryl methyl sites for hydroxylation is 2. The van der Waals surface area contributed by atoms with Gasteiger partial charge in [0.2, 0.25) is 0 Å². The average Bonchev–Trinajstić information content (AvgIpc) is 3.28. The van der Waals surface area contributed by atoms with E-state index in [1.807, 2.05) is 37.3 Å². The number of aliphatic carboxylic acids is 1. The maximum atomic E-state index is 11.2. The first-order chi connectivity index (χ1) is 14.9. The van der Waals surface area contributed by atoms with Gasteiger partial charge < -0.3 is 5.11 Å². The number of halogens is 1. The summed E-state index contributed by atoms with van der Waals surface area (Å²) in [7, 11) is 0. The standard InChI is InChI=1S/C24H22ClN3O2S/c1-15-7-9-17(10-8-15)14-28-23(25)19(16(2)27-28)13-18(11-12-22(29)30)24-26-20-5-3-4-6-21(20)31-24/h3-10,13H,11-12,14H2,1-2H3,(H,29,30). The topological polar surface area (TPSA) is 68.0 Å². The summed E-state index contributed by atoms with van der Waals surface area (Å²) in [6.45, 7) is 4.54. The zero-order valence-electron chi connectivity index (χ0n) is 17.3. The lowest BCUT2D eigenvalue weighted by molar-refractivity contribution is -0.136. The summed E-state index contributed by atoms with van der Waals surface area (Å²) in [6, 6.07) is 16.2. The van der Waals surface area contributed by atoms with Crippen LogP contribution >= 0.6 is 22.9 Å². The summed E-state index contributed by atoms with van der Waals surface area (Å²) in [5, 5.41) is 15.2. The minimum absolute atomic E-state index is 0.0237. The number of allylic oxidation sites excluding steroid dienone is 1. The summed E-state index contributed by atoms with van der Waals surface area (Å²) in [6.07, 6.45) is 2.33. The van der Waals surface area contributed by atoms with Gasteiger partial charge in [-0.25, -0.2) is 9.67 Å². The molecule has 0 aliphatic rings. The van der Waals surface area contributed by atoms with E-state index in [1.165, 1.54) is 5.56 Å². The van der Waals surface area contributed by atoms with Gasteiger partial charge in [-0.15, -0.1) is 11.3 Å². The number of hydrogen-bond acceptors (Lipinski definition) is 4. The number of carbonyl (C=O) groups is 1. The number of carboxylic acid groups (broad SMARTS) is 1. The molecule has 5 nitrogen and oxygen atoms in total. The number of para-hydroxylation sites is 1. The maximum absolute atomic E-state index is 11.2. The lowest BCUT2D eigenvalue weighted by atomic mass is 10.1. The quantitative estimate of drug-likeness (QED) is 0.362. The van der Waals surface area contributed by atoms with E-state index in [1.54, 1.807) is 16.0 Å². The van der Waals surface area contributed by atoms with Crippen molar-refractivity contribution in [1.29, 1.82) is 0 Å². The number of thiazole rings is 1. The molecule has 0 saturated heterocycles. The second kappa shape index (κ2) is 9.04. The predicted octanol–water partition coefficient (Wildman–Crippen LogP) is 6.22. The van der Waals surface area contributed by atoms with Gasteiger partial charge in [0, 0.05) is 12.0 Å². The number of rotatable bonds is 7. The van der Waals surface area contributed by atoms with Gasteiger partial charge in [0.25, 0.3) is 0 Å². The number of hydrogen-bond donors (Lipinski definition) is 1. The van der Waals surface area contributed by atoms with Crippen molar-refractivity contribution in [3.8, 4) is 0 Å². The van der Waals surface area contributed by atoms with E-state index in [4.69, 9.17) is 16.6 Å². The summed E-state index contributed by atoms with van der Waals surface area (Å²) < 4.78 is 2.84. The van der Waals surface area contributed by atoms with E-state index < -0.39 is 5.97 Å². The molecule has 7 heteroatoms.